The van der Waals surface area contributed by atoms with Gasteiger partial charge in [-0.05, 0) is 66.9 Å². The van der Waals surface area contributed by atoms with Crippen molar-refractivity contribution in [1.29, 1.82) is 0 Å². The van der Waals surface area contributed by atoms with Gasteiger partial charge in [0.05, 0.1) is 37.4 Å². The van der Waals surface area contributed by atoms with Gasteiger partial charge in [0.1, 0.15) is 11.9 Å². The molecule has 0 aliphatic rings. The zero-order valence-corrected chi connectivity index (χ0v) is 23.0. The molecule has 1 atom stereocenters. The summed E-state index contributed by atoms with van der Waals surface area (Å²) in [6, 6.07) is 15.7. The summed E-state index contributed by atoms with van der Waals surface area (Å²) in [5.41, 5.74) is 1.54. The standard InChI is InChI=1S/C28H32FN3O6S/c1-5-24(32(39(4,35)36)21-13-11-20(29)12-14-21)28(34)31-23-9-7-6-8-22(23)27(33)30-17-16-19-10-15-25(37-2)26(18-19)38-3/h6-15,18,24H,5,16-17H2,1-4H3,(H,30,33)(H,31,34)/t24-/m1/s1. The summed E-state index contributed by atoms with van der Waals surface area (Å²) in [6.07, 6.45) is 1.64. The van der Waals surface area contributed by atoms with E-state index < -0.39 is 33.7 Å². The van der Waals surface area contributed by atoms with E-state index in [1.807, 2.05) is 12.1 Å². The number of halogens is 1. The van der Waals surface area contributed by atoms with Gasteiger partial charge >= 0.3 is 0 Å². The molecule has 208 valence electrons. The Morgan fingerprint density at radius 2 is 1.64 bits per heavy atom. The van der Waals surface area contributed by atoms with Gasteiger partial charge in [0.25, 0.3) is 5.91 Å². The Bertz CT molecular complexity index is 1410. The Balaban J connectivity index is 1.74. The zero-order chi connectivity index (χ0) is 28.6. The van der Waals surface area contributed by atoms with E-state index in [0.29, 0.717) is 24.5 Å². The number of anilines is 2. The first-order valence-electron chi connectivity index (χ1n) is 12.2. The lowest BCUT2D eigenvalue weighted by Crippen LogP contribution is -2.47. The Hall–Kier alpha value is -4.12. The van der Waals surface area contributed by atoms with Crippen molar-refractivity contribution < 1.29 is 31.9 Å². The fourth-order valence-electron chi connectivity index (χ4n) is 4.11. The molecule has 0 bridgehead atoms. The molecule has 0 saturated heterocycles. The van der Waals surface area contributed by atoms with Crippen molar-refractivity contribution in [3.05, 3.63) is 83.7 Å². The molecule has 3 rings (SSSR count). The Labute approximate surface area is 228 Å². The molecular formula is C28H32FN3O6S. The average Bonchev–Trinajstić information content (AvgIpc) is 2.91. The quantitative estimate of drug-likeness (QED) is 0.348. The fourth-order valence-corrected chi connectivity index (χ4v) is 5.32. The highest BCUT2D eigenvalue weighted by molar-refractivity contribution is 7.92. The van der Waals surface area contributed by atoms with Crippen molar-refractivity contribution in [2.75, 3.05) is 36.6 Å². The number of ether oxygens (including phenoxy) is 2. The summed E-state index contributed by atoms with van der Waals surface area (Å²) < 4.78 is 50.2. The summed E-state index contributed by atoms with van der Waals surface area (Å²) in [5.74, 6) is -0.371. The molecular weight excluding hydrogens is 525 g/mol. The number of sulfonamides is 1. The van der Waals surface area contributed by atoms with Gasteiger partial charge in [-0.25, -0.2) is 12.8 Å². The van der Waals surface area contributed by atoms with Crippen LogP contribution in [-0.2, 0) is 21.2 Å². The summed E-state index contributed by atoms with van der Waals surface area (Å²) in [4.78, 5) is 26.3. The molecule has 3 aromatic rings. The van der Waals surface area contributed by atoms with E-state index in [1.165, 1.54) is 12.1 Å². The second kappa shape index (κ2) is 13.1. The van der Waals surface area contributed by atoms with Gasteiger partial charge in [0.2, 0.25) is 15.9 Å². The Kier molecular flexibility index (Phi) is 9.89. The number of rotatable bonds is 12. The first-order valence-corrected chi connectivity index (χ1v) is 14.1. The molecule has 11 heteroatoms. The molecule has 0 aliphatic heterocycles. The van der Waals surface area contributed by atoms with Crippen LogP contribution in [0, 0.1) is 5.82 Å². The van der Waals surface area contributed by atoms with Crippen LogP contribution < -0.4 is 24.4 Å². The summed E-state index contributed by atoms with van der Waals surface area (Å²) in [6.45, 7) is 1.99. The lowest BCUT2D eigenvalue weighted by molar-refractivity contribution is -0.117. The number of nitrogens with one attached hydrogen (secondary N) is 2. The molecule has 0 aromatic heterocycles. The SMILES string of the molecule is CC[C@H](C(=O)Nc1ccccc1C(=O)NCCc1ccc(OC)c(OC)c1)N(c1ccc(F)cc1)S(C)(=O)=O. The average molecular weight is 558 g/mol. The molecule has 2 N–H and O–H groups in total. The summed E-state index contributed by atoms with van der Waals surface area (Å²) in [7, 11) is -0.798. The number of hydrogen-bond donors (Lipinski definition) is 2. The van der Waals surface area contributed by atoms with Crippen molar-refractivity contribution in [1.82, 2.24) is 5.32 Å². The third-order valence-electron chi connectivity index (χ3n) is 5.99. The van der Waals surface area contributed by atoms with Gasteiger partial charge in [-0.15, -0.1) is 0 Å². The molecule has 39 heavy (non-hydrogen) atoms. The number of amides is 2. The molecule has 0 fully saturated rings. The second-order valence-corrected chi connectivity index (χ2v) is 10.5. The predicted molar refractivity (Wildman–Crippen MR) is 148 cm³/mol. The molecule has 0 aliphatic carbocycles. The van der Waals surface area contributed by atoms with Gasteiger partial charge in [-0.1, -0.05) is 25.1 Å². The predicted octanol–water partition coefficient (Wildman–Crippen LogP) is 4.00. The molecule has 9 nitrogen and oxygen atoms in total. The van der Waals surface area contributed by atoms with Crippen molar-refractivity contribution >= 4 is 33.2 Å². The van der Waals surface area contributed by atoms with E-state index in [0.717, 1.165) is 28.3 Å². The topological polar surface area (TPSA) is 114 Å². The molecule has 2 amide bonds. The van der Waals surface area contributed by atoms with E-state index >= 15 is 0 Å². The molecule has 0 saturated carbocycles. The number of hydrogen-bond acceptors (Lipinski definition) is 6. The van der Waals surface area contributed by atoms with Crippen LogP contribution in [0.2, 0.25) is 0 Å². The third kappa shape index (κ3) is 7.47. The van der Waals surface area contributed by atoms with Crippen LogP contribution in [0.1, 0.15) is 29.3 Å². The van der Waals surface area contributed by atoms with Crippen LogP contribution in [0.5, 0.6) is 11.5 Å². The first-order chi connectivity index (χ1) is 18.6. The number of nitrogens with zero attached hydrogens (tertiary/aromatic N) is 1. The third-order valence-corrected chi connectivity index (χ3v) is 7.17. The van der Waals surface area contributed by atoms with Crippen LogP contribution >= 0.6 is 0 Å². The highest BCUT2D eigenvalue weighted by Gasteiger charge is 2.32. The minimum atomic E-state index is -3.90. The van der Waals surface area contributed by atoms with Crippen LogP contribution in [0.3, 0.4) is 0 Å². The van der Waals surface area contributed by atoms with Gasteiger partial charge in [-0.2, -0.15) is 0 Å². The monoisotopic (exact) mass is 557 g/mol. The fraction of sp³-hybridized carbons (Fsp3) is 0.286. The van der Waals surface area contributed by atoms with Gasteiger partial charge < -0.3 is 20.1 Å². The van der Waals surface area contributed by atoms with E-state index in [9.17, 15) is 22.4 Å². The van der Waals surface area contributed by atoms with Gasteiger partial charge in [0.15, 0.2) is 11.5 Å². The normalized spacial score (nSPS) is 11.8. The smallest absolute Gasteiger partial charge is 0.253 e. The van der Waals surface area contributed by atoms with Crippen LogP contribution in [0.25, 0.3) is 0 Å². The van der Waals surface area contributed by atoms with Crippen LogP contribution in [0.4, 0.5) is 15.8 Å². The zero-order valence-electron chi connectivity index (χ0n) is 22.2. The summed E-state index contributed by atoms with van der Waals surface area (Å²) in [5, 5.41) is 5.55. The molecule has 0 spiro atoms. The minimum absolute atomic E-state index is 0.135. The number of benzene rings is 3. The Morgan fingerprint density at radius 1 is 0.974 bits per heavy atom. The highest BCUT2D eigenvalue weighted by atomic mass is 32.2. The van der Waals surface area contributed by atoms with Crippen molar-refractivity contribution in [2.24, 2.45) is 0 Å². The van der Waals surface area contributed by atoms with E-state index in [-0.39, 0.29) is 23.4 Å². The number of carbonyl (C=O) groups excluding carboxylic acids is 2. The highest BCUT2D eigenvalue weighted by Crippen LogP contribution is 2.28. The van der Waals surface area contributed by atoms with Crippen molar-refractivity contribution in [3.8, 4) is 11.5 Å². The lowest BCUT2D eigenvalue weighted by Gasteiger charge is -2.30. The van der Waals surface area contributed by atoms with E-state index in [2.05, 4.69) is 10.6 Å². The van der Waals surface area contributed by atoms with Crippen LogP contribution in [-0.4, -0.2) is 53.3 Å². The van der Waals surface area contributed by atoms with Crippen LogP contribution in [0.15, 0.2) is 66.7 Å². The van der Waals surface area contributed by atoms with E-state index in [1.54, 1.807) is 51.5 Å². The first kappa shape index (κ1) is 29.4. The molecule has 0 radical (unpaired) electrons. The maximum atomic E-state index is 13.4. The number of methoxy groups -OCH3 is 2. The maximum Gasteiger partial charge on any atom is 0.253 e. The maximum absolute atomic E-state index is 13.4. The van der Waals surface area contributed by atoms with Crippen molar-refractivity contribution in [2.45, 2.75) is 25.8 Å². The van der Waals surface area contributed by atoms with E-state index in [4.69, 9.17) is 9.47 Å². The van der Waals surface area contributed by atoms with Gasteiger partial charge in [-0.3, -0.25) is 13.9 Å². The second-order valence-electron chi connectivity index (χ2n) is 8.69. The number of carbonyl (C=O) groups is 2. The largest absolute Gasteiger partial charge is 0.493 e. The molecule has 0 heterocycles. The lowest BCUT2D eigenvalue weighted by atomic mass is 10.1. The Morgan fingerprint density at radius 3 is 2.26 bits per heavy atom. The van der Waals surface area contributed by atoms with Gasteiger partial charge in [0, 0.05) is 6.54 Å². The molecule has 0 unspecified atom stereocenters. The summed E-state index contributed by atoms with van der Waals surface area (Å²) >= 11 is 0. The number of para-hydroxylation sites is 1. The minimum Gasteiger partial charge on any atom is -0.493 e. The molecule has 3 aromatic carbocycles. The van der Waals surface area contributed by atoms with Crippen molar-refractivity contribution in [3.63, 3.8) is 0 Å².